The Balaban J connectivity index is 1.45. The van der Waals surface area contributed by atoms with Gasteiger partial charge in [0.25, 0.3) is 0 Å². The van der Waals surface area contributed by atoms with Crippen LogP contribution >= 0.6 is 11.3 Å². The van der Waals surface area contributed by atoms with Gasteiger partial charge >= 0.3 is 0 Å². The lowest BCUT2D eigenvalue weighted by atomic mass is 9.89. The van der Waals surface area contributed by atoms with Gasteiger partial charge in [-0.2, -0.15) is 0 Å². The van der Waals surface area contributed by atoms with Crippen LogP contribution in [-0.2, 0) is 6.54 Å². The number of aryl methyl sites for hydroxylation is 1. The van der Waals surface area contributed by atoms with Crippen LogP contribution in [-0.4, -0.2) is 52.7 Å². The van der Waals surface area contributed by atoms with E-state index in [2.05, 4.69) is 20.0 Å². The molecule has 1 aromatic rings. The molecule has 21 heavy (non-hydrogen) atoms. The fraction of sp³-hybridized carbons (Fsp3) is 0.875. The SMILES string of the molecule is Cc1nnc(CN2CCCN(CC3CCCCC3)CC2)s1. The lowest BCUT2D eigenvalue weighted by Gasteiger charge is -2.28. The van der Waals surface area contributed by atoms with Gasteiger partial charge in [-0.3, -0.25) is 4.90 Å². The molecule has 1 aromatic heterocycles. The lowest BCUT2D eigenvalue weighted by molar-refractivity contribution is 0.200. The van der Waals surface area contributed by atoms with E-state index < -0.39 is 0 Å². The molecule has 0 unspecified atom stereocenters. The second kappa shape index (κ2) is 7.65. The van der Waals surface area contributed by atoms with Gasteiger partial charge in [-0.15, -0.1) is 21.5 Å². The minimum Gasteiger partial charge on any atom is -0.302 e. The molecule has 5 heteroatoms. The average Bonchev–Trinajstić information content (AvgIpc) is 2.77. The number of aromatic nitrogens is 2. The first-order valence-corrected chi connectivity index (χ1v) is 9.35. The summed E-state index contributed by atoms with van der Waals surface area (Å²) in [7, 11) is 0. The van der Waals surface area contributed by atoms with Gasteiger partial charge in [0.1, 0.15) is 10.0 Å². The van der Waals surface area contributed by atoms with E-state index in [1.807, 2.05) is 6.92 Å². The Labute approximate surface area is 132 Å². The Morgan fingerprint density at radius 3 is 2.48 bits per heavy atom. The second-order valence-corrected chi connectivity index (χ2v) is 7.92. The van der Waals surface area contributed by atoms with Gasteiger partial charge in [-0.1, -0.05) is 19.3 Å². The summed E-state index contributed by atoms with van der Waals surface area (Å²) < 4.78 is 0. The third-order valence-electron chi connectivity index (χ3n) is 4.85. The second-order valence-electron chi connectivity index (χ2n) is 6.65. The molecule has 0 spiro atoms. The number of nitrogens with zero attached hydrogens (tertiary/aromatic N) is 4. The van der Waals surface area contributed by atoms with Crippen molar-refractivity contribution in [3.05, 3.63) is 10.0 Å². The van der Waals surface area contributed by atoms with Crippen LogP contribution in [0.3, 0.4) is 0 Å². The van der Waals surface area contributed by atoms with Gasteiger partial charge < -0.3 is 4.90 Å². The summed E-state index contributed by atoms with van der Waals surface area (Å²) in [5.74, 6) is 0.969. The molecule has 118 valence electrons. The Hall–Kier alpha value is -0.520. The molecule has 1 aliphatic heterocycles. The summed E-state index contributed by atoms with van der Waals surface area (Å²) in [6.45, 7) is 9.27. The number of hydrogen-bond donors (Lipinski definition) is 0. The Bertz CT molecular complexity index is 428. The molecule has 4 nitrogen and oxygen atoms in total. The largest absolute Gasteiger partial charge is 0.302 e. The molecule has 2 fully saturated rings. The first-order valence-electron chi connectivity index (χ1n) is 8.53. The molecule has 0 radical (unpaired) electrons. The van der Waals surface area contributed by atoms with E-state index in [0.717, 1.165) is 17.5 Å². The van der Waals surface area contributed by atoms with Crippen molar-refractivity contribution in [3.63, 3.8) is 0 Å². The standard InChI is InChI=1S/C16H28N4S/c1-14-17-18-16(21-14)13-20-9-5-8-19(10-11-20)12-15-6-3-2-4-7-15/h15H,2-13H2,1H3. The Morgan fingerprint density at radius 2 is 1.71 bits per heavy atom. The highest BCUT2D eigenvalue weighted by Gasteiger charge is 2.20. The van der Waals surface area contributed by atoms with Crippen LogP contribution in [0.25, 0.3) is 0 Å². The van der Waals surface area contributed by atoms with Crippen molar-refractivity contribution in [2.75, 3.05) is 32.7 Å². The van der Waals surface area contributed by atoms with E-state index in [1.165, 1.54) is 76.3 Å². The Kier molecular flexibility index (Phi) is 5.61. The predicted molar refractivity (Wildman–Crippen MR) is 87.6 cm³/mol. The maximum atomic E-state index is 4.27. The summed E-state index contributed by atoms with van der Waals surface area (Å²) in [4.78, 5) is 5.27. The van der Waals surface area contributed by atoms with Crippen molar-refractivity contribution in [2.24, 2.45) is 5.92 Å². The predicted octanol–water partition coefficient (Wildman–Crippen LogP) is 2.93. The molecule has 2 heterocycles. The van der Waals surface area contributed by atoms with Gasteiger partial charge in [0, 0.05) is 19.6 Å². The van der Waals surface area contributed by atoms with Crippen molar-refractivity contribution in [1.82, 2.24) is 20.0 Å². The first-order chi connectivity index (χ1) is 10.3. The molecule has 1 aliphatic carbocycles. The van der Waals surface area contributed by atoms with Crippen LogP contribution < -0.4 is 0 Å². The normalized spacial score (nSPS) is 23.3. The summed E-state index contributed by atoms with van der Waals surface area (Å²) in [5.41, 5.74) is 0. The minimum absolute atomic E-state index is 0.969. The van der Waals surface area contributed by atoms with Crippen molar-refractivity contribution in [1.29, 1.82) is 0 Å². The highest BCUT2D eigenvalue weighted by atomic mass is 32.1. The fourth-order valence-electron chi connectivity index (χ4n) is 3.69. The fourth-order valence-corrected chi connectivity index (χ4v) is 4.44. The van der Waals surface area contributed by atoms with E-state index in [-0.39, 0.29) is 0 Å². The minimum atomic E-state index is 0.969. The molecule has 1 saturated carbocycles. The van der Waals surface area contributed by atoms with E-state index in [4.69, 9.17) is 0 Å². The molecule has 1 saturated heterocycles. The van der Waals surface area contributed by atoms with Crippen molar-refractivity contribution < 1.29 is 0 Å². The molecule has 3 rings (SSSR count). The quantitative estimate of drug-likeness (QED) is 0.856. The van der Waals surface area contributed by atoms with Gasteiger partial charge in [0.15, 0.2) is 0 Å². The molecular weight excluding hydrogens is 280 g/mol. The van der Waals surface area contributed by atoms with Crippen LogP contribution in [0.15, 0.2) is 0 Å². The van der Waals surface area contributed by atoms with Gasteiger partial charge in [-0.25, -0.2) is 0 Å². The van der Waals surface area contributed by atoms with Crippen molar-refractivity contribution in [3.8, 4) is 0 Å². The van der Waals surface area contributed by atoms with Crippen LogP contribution in [0.1, 0.15) is 48.5 Å². The molecule has 0 atom stereocenters. The topological polar surface area (TPSA) is 32.3 Å². The number of rotatable bonds is 4. The Morgan fingerprint density at radius 1 is 0.952 bits per heavy atom. The highest BCUT2D eigenvalue weighted by molar-refractivity contribution is 7.11. The smallest absolute Gasteiger partial charge is 0.131 e. The van der Waals surface area contributed by atoms with Crippen LogP contribution in [0.2, 0.25) is 0 Å². The van der Waals surface area contributed by atoms with Crippen molar-refractivity contribution in [2.45, 2.75) is 52.0 Å². The van der Waals surface area contributed by atoms with Gasteiger partial charge in [-0.05, 0) is 45.2 Å². The van der Waals surface area contributed by atoms with Crippen LogP contribution in [0.4, 0.5) is 0 Å². The third-order valence-corrected chi connectivity index (χ3v) is 5.67. The van der Waals surface area contributed by atoms with E-state index in [1.54, 1.807) is 11.3 Å². The van der Waals surface area contributed by atoms with E-state index in [0.29, 0.717) is 0 Å². The van der Waals surface area contributed by atoms with Crippen molar-refractivity contribution >= 4 is 11.3 Å². The number of hydrogen-bond acceptors (Lipinski definition) is 5. The van der Waals surface area contributed by atoms with Crippen LogP contribution in [0, 0.1) is 12.8 Å². The molecule has 0 N–H and O–H groups in total. The summed E-state index contributed by atoms with van der Waals surface area (Å²) >= 11 is 1.74. The van der Waals surface area contributed by atoms with Gasteiger partial charge in [0.2, 0.25) is 0 Å². The van der Waals surface area contributed by atoms with E-state index in [9.17, 15) is 0 Å². The summed E-state index contributed by atoms with van der Waals surface area (Å²) in [5, 5.41) is 10.7. The maximum Gasteiger partial charge on any atom is 0.131 e. The average molecular weight is 308 g/mol. The molecular formula is C16H28N4S. The zero-order chi connectivity index (χ0) is 14.5. The van der Waals surface area contributed by atoms with E-state index >= 15 is 0 Å². The summed E-state index contributed by atoms with van der Waals surface area (Å²) in [6.07, 6.45) is 8.60. The van der Waals surface area contributed by atoms with Crippen LogP contribution in [0.5, 0.6) is 0 Å². The zero-order valence-corrected chi connectivity index (χ0v) is 14.1. The summed E-state index contributed by atoms with van der Waals surface area (Å²) in [6, 6.07) is 0. The third kappa shape index (κ3) is 4.73. The molecule has 0 amide bonds. The first kappa shape index (κ1) is 15.4. The maximum absolute atomic E-state index is 4.27. The highest BCUT2D eigenvalue weighted by Crippen LogP contribution is 2.24. The van der Waals surface area contributed by atoms with Gasteiger partial charge in [0.05, 0.1) is 6.54 Å². The molecule has 0 bridgehead atoms. The monoisotopic (exact) mass is 308 g/mol. The molecule has 0 aromatic carbocycles. The molecule has 2 aliphatic rings. The lowest BCUT2D eigenvalue weighted by Crippen LogP contribution is -2.34. The zero-order valence-electron chi connectivity index (χ0n) is 13.3.